The lowest BCUT2D eigenvalue weighted by Gasteiger charge is -2.34. The van der Waals surface area contributed by atoms with E-state index in [1.807, 2.05) is 36.4 Å². The van der Waals surface area contributed by atoms with Crippen LogP contribution in [0.3, 0.4) is 0 Å². The van der Waals surface area contributed by atoms with Gasteiger partial charge in [-0.05, 0) is 38.3 Å². The predicted molar refractivity (Wildman–Crippen MR) is 144 cm³/mol. The van der Waals surface area contributed by atoms with Crippen molar-refractivity contribution in [3.8, 4) is 0 Å². The summed E-state index contributed by atoms with van der Waals surface area (Å²) >= 11 is 0. The van der Waals surface area contributed by atoms with Crippen LogP contribution in [0.5, 0.6) is 0 Å². The molecule has 0 aliphatic carbocycles. The zero-order valence-corrected chi connectivity index (χ0v) is 22.4. The number of unbranched alkanes of at least 4 members (excludes halogenated alkanes) is 2. The van der Waals surface area contributed by atoms with Crippen molar-refractivity contribution in [2.45, 2.75) is 71.1 Å². The number of amides is 3. The molecule has 2 aromatic rings. The van der Waals surface area contributed by atoms with Crippen molar-refractivity contribution in [3.05, 3.63) is 71.8 Å². The SMILES string of the molecule is CCCCCNC(=O)C(c1ccccc1)N(CCO)C(=O)C(Cc1ccccc1)NC(=O)OC(C)(C)C. The van der Waals surface area contributed by atoms with Gasteiger partial charge in [-0.2, -0.15) is 0 Å². The van der Waals surface area contributed by atoms with Gasteiger partial charge in [0.2, 0.25) is 11.8 Å². The van der Waals surface area contributed by atoms with Gasteiger partial charge in [-0.3, -0.25) is 9.59 Å². The van der Waals surface area contributed by atoms with Crippen LogP contribution >= 0.6 is 0 Å². The van der Waals surface area contributed by atoms with E-state index in [1.54, 1.807) is 45.0 Å². The summed E-state index contributed by atoms with van der Waals surface area (Å²) in [6.07, 6.45) is 2.29. The molecule has 0 spiro atoms. The first kappa shape index (κ1) is 29.8. The molecule has 0 radical (unpaired) electrons. The number of alkyl carbamates (subject to hydrolysis) is 1. The molecule has 2 unspecified atom stereocenters. The van der Waals surface area contributed by atoms with Crippen LogP contribution in [-0.2, 0) is 20.7 Å². The summed E-state index contributed by atoms with van der Waals surface area (Å²) in [5.74, 6) is -0.818. The maximum Gasteiger partial charge on any atom is 0.408 e. The molecule has 0 saturated carbocycles. The summed E-state index contributed by atoms with van der Waals surface area (Å²) in [7, 11) is 0. The maximum absolute atomic E-state index is 14.0. The molecular weight excluding hydrogens is 470 g/mol. The summed E-state index contributed by atoms with van der Waals surface area (Å²) in [6.45, 7) is 7.37. The van der Waals surface area contributed by atoms with E-state index >= 15 is 0 Å². The van der Waals surface area contributed by atoms with Crippen LogP contribution in [0.15, 0.2) is 60.7 Å². The van der Waals surface area contributed by atoms with E-state index in [1.165, 1.54) is 4.90 Å². The van der Waals surface area contributed by atoms with Crippen LogP contribution in [0.4, 0.5) is 4.79 Å². The summed E-state index contributed by atoms with van der Waals surface area (Å²) in [5.41, 5.74) is 0.703. The molecule has 0 heterocycles. The summed E-state index contributed by atoms with van der Waals surface area (Å²) in [6, 6.07) is 16.3. The Balaban J connectivity index is 2.41. The van der Waals surface area contributed by atoms with Crippen molar-refractivity contribution in [2.24, 2.45) is 0 Å². The molecule has 0 fully saturated rings. The second kappa shape index (κ2) is 15.0. The number of ether oxygens (including phenoxy) is 1. The van der Waals surface area contributed by atoms with E-state index in [0.29, 0.717) is 12.1 Å². The first-order valence-corrected chi connectivity index (χ1v) is 12.9. The van der Waals surface area contributed by atoms with Crippen LogP contribution in [0.1, 0.15) is 64.1 Å². The fourth-order valence-electron chi connectivity index (χ4n) is 3.97. The van der Waals surface area contributed by atoms with Gasteiger partial charge >= 0.3 is 6.09 Å². The fourth-order valence-corrected chi connectivity index (χ4v) is 3.97. The number of hydrogen-bond acceptors (Lipinski definition) is 5. The van der Waals surface area contributed by atoms with Crippen molar-refractivity contribution in [2.75, 3.05) is 19.7 Å². The molecular formula is C29H41N3O5. The summed E-state index contributed by atoms with van der Waals surface area (Å²) in [4.78, 5) is 41.4. The molecule has 0 bridgehead atoms. The highest BCUT2D eigenvalue weighted by Crippen LogP contribution is 2.23. The second-order valence-electron chi connectivity index (χ2n) is 9.96. The van der Waals surface area contributed by atoms with E-state index in [0.717, 1.165) is 24.8 Å². The molecule has 2 atom stereocenters. The number of nitrogens with one attached hydrogen (secondary N) is 2. The first-order chi connectivity index (χ1) is 17.7. The van der Waals surface area contributed by atoms with Crippen LogP contribution in [-0.4, -0.2) is 59.3 Å². The molecule has 37 heavy (non-hydrogen) atoms. The van der Waals surface area contributed by atoms with Gasteiger partial charge in [-0.25, -0.2) is 4.79 Å². The van der Waals surface area contributed by atoms with Gasteiger partial charge in [0.15, 0.2) is 0 Å². The molecule has 3 amide bonds. The van der Waals surface area contributed by atoms with E-state index in [4.69, 9.17) is 4.74 Å². The predicted octanol–water partition coefficient (Wildman–Crippen LogP) is 3.99. The zero-order chi connectivity index (χ0) is 27.3. The molecule has 0 aliphatic rings. The number of carbonyl (C=O) groups excluding carboxylic acids is 3. The molecule has 2 aromatic carbocycles. The number of aliphatic hydroxyl groups is 1. The molecule has 0 saturated heterocycles. The Hall–Kier alpha value is -3.39. The van der Waals surface area contributed by atoms with Crippen LogP contribution in [0.25, 0.3) is 0 Å². The Morgan fingerprint density at radius 2 is 1.59 bits per heavy atom. The molecule has 3 N–H and O–H groups in total. The van der Waals surface area contributed by atoms with Crippen LogP contribution in [0.2, 0.25) is 0 Å². The minimum absolute atomic E-state index is 0.0813. The van der Waals surface area contributed by atoms with E-state index in [-0.39, 0.29) is 25.5 Å². The molecule has 202 valence electrons. The average molecular weight is 512 g/mol. The monoisotopic (exact) mass is 511 g/mol. The third kappa shape index (κ3) is 10.2. The topological polar surface area (TPSA) is 108 Å². The summed E-state index contributed by atoms with van der Waals surface area (Å²) in [5, 5.41) is 15.5. The van der Waals surface area contributed by atoms with Gasteiger partial charge in [-0.1, -0.05) is 80.4 Å². The van der Waals surface area contributed by atoms with Gasteiger partial charge in [0.05, 0.1) is 6.61 Å². The maximum atomic E-state index is 14.0. The average Bonchev–Trinajstić information content (AvgIpc) is 2.85. The third-order valence-electron chi connectivity index (χ3n) is 5.65. The Bertz CT molecular complexity index is 976. The lowest BCUT2D eigenvalue weighted by molar-refractivity contribution is -0.143. The summed E-state index contributed by atoms with van der Waals surface area (Å²) < 4.78 is 5.41. The number of benzene rings is 2. The quantitative estimate of drug-likeness (QED) is 0.353. The number of hydrogen-bond donors (Lipinski definition) is 3. The van der Waals surface area contributed by atoms with Crippen LogP contribution < -0.4 is 10.6 Å². The van der Waals surface area contributed by atoms with Crippen molar-refractivity contribution in [1.82, 2.24) is 15.5 Å². The number of aliphatic hydroxyl groups excluding tert-OH is 1. The minimum atomic E-state index is -1.01. The molecule has 8 nitrogen and oxygen atoms in total. The minimum Gasteiger partial charge on any atom is -0.444 e. The molecule has 0 aromatic heterocycles. The highest BCUT2D eigenvalue weighted by molar-refractivity contribution is 5.92. The van der Waals surface area contributed by atoms with E-state index in [9.17, 15) is 19.5 Å². The van der Waals surface area contributed by atoms with Crippen LogP contribution in [0, 0.1) is 0 Å². The molecule has 8 heteroatoms. The largest absolute Gasteiger partial charge is 0.444 e. The Kier molecular flexibility index (Phi) is 12.1. The van der Waals surface area contributed by atoms with E-state index < -0.39 is 29.7 Å². The number of carbonyl (C=O) groups is 3. The Morgan fingerprint density at radius 1 is 0.973 bits per heavy atom. The van der Waals surface area contributed by atoms with Crippen molar-refractivity contribution in [3.63, 3.8) is 0 Å². The second-order valence-corrected chi connectivity index (χ2v) is 9.96. The van der Waals surface area contributed by atoms with Crippen molar-refractivity contribution in [1.29, 1.82) is 0 Å². The number of rotatable bonds is 13. The smallest absolute Gasteiger partial charge is 0.408 e. The Labute approximate surface area is 220 Å². The molecule has 0 aliphatic heterocycles. The molecule has 2 rings (SSSR count). The lowest BCUT2D eigenvalue weighted by atomic mass is 10.0. The Morgan fingerprint density at radius 3 is 2.16 bits per heavy atom. The fraction of sp³-hybridized carbons (Fsp3) is 0.483. The number of nitrogens with zero attached hydrogens (tertiary/aromatic N) is 1. The first-order valence-electron chi connectivity index (χ1n) is 12.9. The van der Waals surface area contributed by atoms with Gasteiger partial charge in [0, 0.05) is 19.5 Å². The highest BCUT2D eigenvalue weighted by atomic mass is 16.6. The van der Waals surface area contributed by atoms with Gasteiger partial charge in [-0.15, -0.1) is 0 Å². The van der Waals surface area contributed by atoms with Gasteiger partial charge in [0.25, 0.3) is 0 Å². The standard InChI is InChI=1S/C29H41N3O5/c1-5-6-13-18-30-26(34)25(23-16-11-8-12-17-23)32(19-20-33)27(35)24(21-22-14-9-7-10-15-22)31-28(36)37-29(2,3)4/h7-12,14-17,24-25,33H,5-6,13,18-21H2,1-4H3,(H,30,34)(H,31,36). The lowest BCUT2D eigenvalue weighted by Crippen LogP contribution is -2.54. The van der Waals surface area contributed by atoms with Gasteiger partial charge in [0.1, 0.15) is 17.7 Å². The highest BCUT2D eigenvalue weighted by Gasteiger charge is 2.36. The zero-order valence-electron chi connectivity index (χ0n) is 22.4. The van der Waals surface area contributed by atoms with Crippen molar-refractivity contribution < 1.29 is 24.2 Å². The van der Waals surface area contributed by atoms with Crippen molar-refractivity contribution >= 4 is 17.9 Å². The normalized spacial score (nSPS) is 12.8. The third-order valence-corrected chi connectivity index (χ3v) is 5.65. The van der Waals surface area contributed by atoms with E-state index in [2.05, 4.69) is 17.6 Å². The van der Waals surface area contributed by atoms with Gasteiger partial charge < -0.3 is 25.4 Å².